The fourth-order valence-electron chi connectivity index (χ4n) is 0.872. The molecule has 54 valence electrons. The number of aromatic nitrogens is 2. The smallest absolute Gasteiger partial charge is 0.253 e. The van der Waals surface area contributed by atoms with Crippen LogP contribution in [0.15, 0.2) is 12.4 Å². The van der Waals surface area contributed by atoms with Crippen LogP contribution >= 0.6 is 0 Å². The number of carbonyl (C=O) groups excluding carboxylic acids is 1. The summed E-state index contributed by atoms with van der Waals surface area (Å²) in [6.07, 6.45) is 4.72. The number of imidazole rings is 1. The van der Waals surface area contributed by atoms with Crippen molar-refractivity contribution in [2.45, 2.75) is 13.5 Å². The molecule has 0 amide bonds. The molecule has 0 saturated carbocycles. The van der Waals surface area contributed by atoms with Crippen LogP contribution in [0.3, 0.4) is 0 Å². The van der Waals surface area contributed by atoms with Crippen LogP contribution in [0.5, 0.6) is 0 Å². The Labute approximate surface area is 59.9 Å². The Morgan fingerprint density at radius 1 is 1.80 bits per heavy atom. The topological polar surface area (TPSA) is 25.9 Å². The molecule has 1 heterocycles. The van der Waals surface area contributed by atoms with E-state index in [0.29, 0.717) is 6.54 Å². The van der Waals surface area contributed by atoms with E-state index in [1.54, 1.807) is 0 Å². The van der Waals surface area contributed by atoms with E-state index < -0.39 is 0 Å². The van der Waals surface area contributed by atoms with Crippen LogP contribution < -0.4 is 4.57 Å². The Hall–Kier alpha value is -1.12. The van der Waals surface area contributed by atoms with Gasteiger partial charge in [-0.1, -0.05) is 0 Å². The maximum Gasteiger partial charge on any atom is 0.253 e. The van der Waals surface area contributed by atoms with Crippen molar-refractivity contribution in [2.24, 2.45) is 7.05 Å². The lowest BCUT2D eigenvalue weighted by Crippen LogP contribution is -2.29. The van der Waals surface area contributed by atoms with E-state index in [-0.39, 0.29) is 0 Å². The van der Waals surface area contributed by atoms with Crippen LogP contribution in [0.4, 0.5) is 0 Å². The SMILES string of the molecule is Cc1n(CC=O)cc[n+]1C. The van der Waals surface area contributed by atoms with Gasteiger partial charge < -0.3 is 0 Å². The summed E-state index contributed by atoms with van der Waals surface area (Å²) in [6.45, 7) is 2.43. The molecule has 0 saturated heterocycles. The van der Waals surface area contributed by atoms with E-state index >= 15 is 0 Å². The molecule has 0 aliphatic carbocycles. The molecule has 0 fully saturated rings. The standard InChI is InChI=1S/C7H11N2O/c1-7-8(2)3-4-9(7)5-6-10/h3-4,6H,5H2,1-2H3/q+1. The third-order valence-corrected chi connectivity index (χ3v) is 1.67. The van der Waals surface area contributed by atoms with E-state index in [0.717, 1.165) is 12.1 Å². The second-order valence-electron chi connectivity index (χ2n) is 2.28. The highest BCUT2D eigenvalue weighted by atomic mass is 16.1. The molecule has 1 aromatic rings. The number of rotatable bonds is 2. The predicted molar refractivity (Wildman–Crippen MR) is 36.4 cm³/mol. The number of nitrogens with zero attached hydrogens (tertiary/aromatic N) is 2. The van der Waals surface area contributed by atoms with E-state index in [4.69, 9.17) is 0 Å². The van der Waals surface area contributed by atoms with Crippen LogP contribution in [-0.4, -0.2) is 10.9 Å². The minimum Gasteiger partial charge on any atom is -0.299 e. The molecule has 0 radical (unpaired) electrons. The van der Waals surface area contributed by atoms with Gasteiger partial charge in [0, 0.05) is 6.92 Å². The van der Waals surface area contributed by atoms with Crippen LogP contribution in [0, 0.1) is 6.92 Å². The first kappa shape index (κ1) is 6.99. The van der Waals surface area contributed by atoms with Gasteiger partial charge >= 0.3 is 0 Å². The lowest BCUT2D eigenvalue weighted by molar-refractivity contribution is -0.677. The zero-order valence-electron chi connectivity index (χ0n) is 6.24. The van der Waals surface area contributed by atoms with Crippen LogP contribution in [0.1, 0.15) is 5.82 Å². The highest BCUT2D eigenvalue weighted by Gasteiger charge is 2.05. The van der Waals surface area contributed by atoms with Crippen molar-refractivity contribution in [3.63, 3.8) is 0 Å². The molecule has 0 N–H and O–H groups in total. The first-order valence-corrected chi connectivity index (χ1v) is 3.20. The number of hydrogen-bond acceptors (Lipinski definition) is 1. The summed E-state index contributed by atoms with van der Waals surface area (Å²) in [7, 11) is 1.95. The van der Waals surface area contributed by atoms with Crippen molar-refractivity contribution in [2.75, 3.05) is 0 Å². The van der Waals surface area contributed by atoms with Gasteiger partial charge in [0.2, 0.25) is 0 Å². The quantitative estimate of drug-likeness (QED) is 0.412. The highest BCUT2D eigenvalue weighted by molar-refractivity contribution is 5.49. The summed E-state index contributed by atoms with van der Waals surface area (Å²) in [4.78, 5) is 10.1. The molecular formula is C7H11N2O+. The molecule has 0 aromatic carbocycles. The summed E-state index contributed by atoms with van der Waals surface area (Å²) in [5.74, 6) is 1.09. The van der Waals surface area contributed by atoms with E-state index in [9.17, 15) is 4.79 Å². The Balaban J connectivity index is 2.93. The van der Waals surface area contributed by atoms with Gasteiger partial charge in [-0.2, -0.15) is 0 Å². The number of hydrogen-bond donors (Lipinski definition) is 0. The van der Waals surface area contributed by atoms with Crippen molar-refractivity contribution < 1.29 is 9.36 Å². The Bertz CT molecular complexity index is 240. The molecule has 0 atom stereocenters. The minimum absolute atomic E-state index is 0.451. The number of carbonyl (C=O) groups is 1. The summed E-state index contributed by atoms with van der Waals surface area (Å²) in [6, 6.07) is 0. The van der Waals surface area contributed by atoms with Crippen molar-refractivity contribution in [3.8, 4) is 0 Å². The third-order valence-electron chi connectivity index (χ3n) is 1.67. The van der Waals surface area contributed by atoms with Gasteiger partial charge in [0.15, 0.2) is 6.29 Å². The van der Waals surface area contributed by atoms with Gasteiger partial charge in [0.25, 0.3) is 5.82 Å². The fraction of sp³-hybridized carbons (Fsp3) is 0.429. The molecule has 0 aliphatic rings. The molecule has 0 spiro atoms. The second kappa shape index (κ2) is 2.64. The summed E-state index contributed by atoms with van der Waals surface area (Å²) in [5.41, 5.74) is 0. The summed E-state index contributed by atoms with van der Waals surface area (Å²) in [5, 5.41) is 0. The van der Waals surface area contributed by atoms with Crippen LogP contribution in [0.25, 0.3) is 0 Å². The second-order valence-corrected chi connectivity index (χ2v) is 2.28. The average molecular weight is 139 g/mol. The molecule has 0 aliphatic heterocycles. The molecule has 10 heavy (non-hydrogen) atoms. The largest absolute Gasteiger partial charge is 0.299 e. The van der Waals surface area contributed by atoms with Gasteiger partial charge in [-0.25, -0.2) is 9.13 Å². The molecule has 3 heteroatoms. The molecule has 3 nitrogen and oxygen atoms in total. The summed E-state index contributed by atoms with van der Waals surface area (Å²) < 4.78 is 3.87. The molecule has 0 unspecified atom stereocenters. The third kappa shape index (κ3) is 1.07. The van der Waals surface area contributed by atoms with Gasteiger partial charge in [0.1, 0.15) is 18.9 Å². The molecule has 1 rings (SSSR count). The lowest BCUT2D eigenvalue weighted by atomic mass is 10.6. The maximum absolute atomic E-state index is 10.1. The predicted octanol–water partition coefficient (Wildman–Crippen LogP) is -0.180. The Morgan fingerprint density at radius 3 is 2.90 bits per heavy atom. The van der Waals surface area contributed by atoms with Crippen molar-refractivity contribution in [1.82, 2.24) is 4.57 Å². The van der Waals surface area contributed by atoms with Gasteiger partial charge in [0.05, 0.1) is 7.05 Å². The van der Waals surface area contributed by atoms with E-state index in [2.05, 4.69) is 0 Å². The molecular weight excluding hydrogens is 128 g/mol. The number of aldehydes is 1. The first-order chi connectivity index (χ1) is 4.75. The molecule has 0 bridgehead atoms. The monoisotopic (exact) mass is 139 g/mol. The zero-order valence-corrected chi connectivity index (χ0v) is 6.24. The van der Waals surface area contributed by atoms with Gasteiger partial charge in [-0.15, -0.1) is 0 Å². The van der Waals surface area contributed by atoms with Crippen molar-refractivity contribution in [3.05, 3.63) is 18.2 Å². The maximum atomic E-state index is 10.1. The zero-order chi connectivity index (χ0) is 7.56. The normalized spacial score (nSPS) is 9.80. The first-order valence-electron chi connectivity index (χ1n) is 3.20. The van der Waals surface area contributed by atoms with Crippen LogP contribution in [-0.2, 0) is 18.4 Å². The average Bonchev–Trinajstić information content (AvgIpc) is 2.20. The van der Waals surface area contributed by atoms with E-state index in [1.165, 1.54) is 0 Å². The summed E-state index contributed by atoms with van der Waals surface area (Å²) >= 11 is 0. The van der Waals surface area contributed by atoms with E-state index in [1.807, 2.05) is 35.5 Å². The van der Waals surface area contributed by atoms with Crippen LogP contribution in [0.2, 0.25) is 0 Å². The lowest BCUT2D eigenvalue weighted by Gasteiger charge is -1.89. The van der Waals surface area contributed by atoms with Gasteiger partial charge in [-0.3, -0.25) is 4.79 Å². The van der Waals surface area contributed by atoms with Crippen molar-refractivity contribution in [1.29, 1.82) is 0 Å². The Kier molecular flexibility index (Phi) is 1.85. The Morgan fingerprint density at radius 2 is 2.50 bits per heavy atom. The highest BCUT2D eigenvalue weighted by Crippen LogP contribution is 1.89. The minimum atomic E-state index is 0.451. The molecule has 1 aromatic heterocycles. The van der Waals surface area contributed by atoms with Crippen molar-refractivity contribution >= 4 is 6.29 Å². The number of aryl methyl sites for hydroxylation is 1. The van der Waals surface area contributed by atoms with Gasteiger partial charge in [-0.05, 0) is 0 Å². The fourth-order valence-corrected chi connectivity index (χ4v) is 0.872.